The van der Waals surface area contributed by atoms with Crippen molar-refractivity contribution in [3.8, 4) is 11.3 Å². The van der Waals surface area contributed by atoms with Gasteiger partial charge in [0.05, 0.1) is 31.7 Å². The quantitative estimate of drug-likeness (QED) is 0.575. The first-order valence-electron chi connectivity index (χ1n) is 7.78. The summed E-state index contributed by atoms with van der Waals surface area (Å²) in [6, 6.07) is 5.27. The number of anilines is 2. The highest BCUT2D eigenvalue weighted by atomic mass is 35.5. The van der Waals surface area contributed by atoms with Gasteiger partial charge in [-0.15, -0.1) is 11.3 Å². The zero-order valence-corrected chi connectivity index (χ0v) is 16.0. The molecule has 0 radical (unpaired) electrons. The van der Waals surface area contributed by atoms with Gasteiger partial charge >= 0.3 is 0 Å². The minimum atomic E-state index is -0.00871. The molecule has 0 saturated heterocycles. The predicted octanol–water partition coefficient (Wildman–Crippen LogP) is 5.27. The van der Waals surface area contributed by atoms with Gasteiger partial charge in [0.15, 0.2) is 5.78 Å². The summed E-state index contributed by atoms with van der Waals surface area (Å²) in [5.41, 5.74) is 8.08. The Hall–Kier alpha value is -1.89. The highest BCUT2D eigenvalue weighted by Gasteiger charge is 2.21. The maximum absolute atomic E-state index is 12.2. The number of nitrogens with zero attached hydrogens (tertiary/aromatic N) is 2. The van der Waals surface area contributed by atoms with Gasteiger partial charge < -0.3 is 11.1 Å². The molecule has 0 saturated carbocycles. The summed E-state index contributed by atoms with van der Waals surface area (Å²) < 4.78 is 0. The van der Waals surface area contributed by atoms with E-state index in [4.69, 9.17) is 28.9 Å². The molecule has 3 N–H and O–H groups in total. The molecular weight excluding hydrogens is 379 g/mol. The topological polar surface area (TPSA) is 80.9 Å². The van der Waals surface area contributed by atoms with Gasteiger partial charge in [-0.3, -0.25) is 4.79 Å². The number of aromatic nitrogens is 2. The van der Waals surface area contributed by atoms with Crippen LogP contribution in [-0.2, 0) is 0 Å². The number of ketones is 1. The lowest BCUT2D eigenvalue weighted by atomic mass is 10.1. The van der Waals surface area contributed by atoms with Crippen LogP contribution in [0.2, 0.25) is 10.0 Å². The van der Waals surface area contributed by atoms with Crippen molar-refractivity contribution >= 4 is 62.2 Å². The molecule has 0 amide bonds. The fourth-order valence-corrected chi connectivity index (χ4v) is 3.88. The van der Waals surface area contributed by atoms with E-state index >= 15 is 0 Å². The van der Waals surface area contributed by atoms with Gasteiger partial charge in [-0.05, 0) is 19.1 Å². The van der Waals surface area contributed by atoms with Crippen molar-refractivity contribution in [3.63, 3.8) is 0 Å². The number of hydrogen-bond acceptors (Lipinski definition) is 6. The highest BCUT2D eigenvalue weighted by Crippen LogP contribution is 2.40. The molecule has 5 nitrogen and oxygen atoms in total. The number of nitrogen functional groups attached to an aromatic ring is 1. The van der Waals surface area contributed by atoms with E-state index in [1.807, 2.05) is 19.9 Å². The highest BCUT2D eigenvalue weighted by molar-refractivity contribution is 7.21. The van der Waals surface area contributed by atoms with Crippen LogP contribution in [-0.4, -0.2) is 22.3 Å². The number of benzene rings is 1. The van der Waals surface area contributed by atoms with Crippen molar-refractivity contribution in [1.29, 1.82) is 0 Å². The Morgan fingerprint density at radius 2 is 2.00 bits per heavy atom. The summed E-state index contributed by atoms with van der Waals surface area (Å²) in [4.78, 5) is 22.4. The van der Waals surface area contributed by atoms with Gasteiger partial charge in [0.2, 0.25) is 5.95 Å². The summed E-state index contributed by atoms with van der Waals surface area (Å²) in [7, 11) is 0. The number of Topliss-reactive ketones (excluding diaryl/α,β-unsaturated/α-hetero) is 1. The molecule has 25 heavy (non-hydrogen) atoms. The van der Waals surface area contributed by atoms with Crippen LogP contribution >= 0.6 is 34.5 Å². The van der Waals surface area contributed by atoms with Crippen LogP contribution in [0, 0.1) is 0 Å². The molecule has 0 atom stereocenters. The number of thiophene rings is 1. The van der Waals surface area contributed by atoms with Gasteiger partial charge in [-0.2, -0.15) is 0 Å². The molecule has 8 heteroatoms. The number of hydrogen-bond donors (Lipinski definition) is 2. The zero-order chi connectivity index (χ0) is 18.1. The maximum Gasteiger partial charge on any atom is 0.224 e. The number of halogens is 2. The van der Waals surface area contributed by atoms with Gasteiger partial charge in [-0.25, -0.2) is 9.97 Å². The van der Waals surface area contributed by atoms with Crippen LogP contribution in [0.3, 0.4) is 0 Å². The van der Waals surface area contributed by atoms with Crippen LogP contribution in [0.15, 0.2) is 18.2 Å². The van der Waals surface area contributed by atoms with Crippen molar-refractivity contribution < 1.29 is 4.79 Å². The lowest BCUT2D eigenvalue weighted by Crippen LogP contribution is -2.03. The van der Waals surface area contributed by atoms with E-state index in [1.165, 1.54) is 11.3 Å². The minimum Gasteiger partial charge on any atom is -0.397 e. The molecule has 130 valence electrons. The van der Waals surface area contributed by atoms with E-state index in [0.29, 0.717) is 55.4 Å². The van der Waals surface area contributed by atoms with Crippen molar-refractivity contribution in [3.05, 3.63) is 33.1 Å². The Morgan fingerprint density at radius 3 is 2.64 bits per heavy atom. The standard InChI is InChI=1S/C17H16Cl2N4OS/c1-3-11(24)15-13(20)12-14(8-5-6-9(18)10(19)7-8)22-17(21-4-2)23-16(12)25-15/h5-7H,3-4,20H2,1-2H3,(H,21,22,23). The largest absolute Gasteiger partial charge is 0.397 e. The number of carbonyl (C=O) groups excluding carboxylic acids is 1. The van der Waals surface area contributed by atoms with E-state index in [2.05, 4.69) is 15.3 Å². The second-order valence-electron chi connectivity index (χ2n) is 5.36. The number of rotatable bonds is 5. The number of nitrogens with two attached hydrogens (primary N) is 1. The summed E-state index contributed by atoms with van der Waals surface area (Å²) in [6.45, 7) is 4.44. The van der Waals surface area contributed by atoms with Gasteiger partial charge in [0, 0.05) is 18.5 Å². The Bertz CT molecular complexity index is 971. The molecule has 3 rings (SSSR count). The molecule has 0 bridgehead atoms. The number of carbonyl (C=O) groups is 1. The normalized spacial score (nSPS) is 11.0. The minimum absolute atomic E-state index is 0.00871. The Labute approximate surface area is 159 Å². The third kappa shape index (κ3) is 3.29. The lowest BCUT2D eigenvalue weighted by Gasteiger charge is -2.08. The Kier molecular flexibility index (Phi) is 5.13. The maximum atomic E-state index is 12.2. The number of fused-ring (bicyclic) bond motifs is 1. The molecule has 3 aromatic rings. The van der Waals surface area contributed by atoms with Crippen molar-refractivity contribution in [2.45, 2.75) is 20.3 Å². The monoisotopic (exact) mass is 394 g/mol. The van der Waals surface area contributed by atoms with Crippen molar-refractivity contribution in [1.82, 2.24) is 9.97 Å². The third-order valence-electron chi connectivity index (χ3n) is 3.69. The fourth-order valence-electron chi connectivity index (χ4n) is 2.48. The molecular formula is C17H16Cl2N4OS. The molecule has 0 unspecified atom stereocenters. The van der Waals surface area contributed by atoms with Crippen molar-refractivity contribution in [2.75, 3.05) is 17.6 Å². The summed E-state index contributed by atoms with van der Waals surface area (Å²) in [6.07, 6.45) is 0.382. The average molecular weight is 395 g/mol. The molecule has 0 spiro atoms. The van der Waals surface area contributed by atoms with Gasteiger partial charge in [0.25, 0.3) is 0 Å². The van der Waals surface area contributed by atoms with Crippen LogP contribution in [0.5, 0.6) is 0 Å². The fraction of sp³-hybridized carbons (Fsp3) is 0.235. The first-order chi connectivity index (χ1) is 12.0. The summed E-state index contributed by atoms with van der Waals surface area (Å²) >= 11 is 13.5. The van der Waals surface area contributed by atoms with Crippen LogP contribution in [0.25, 0.3) is 21.5 Å². The van der Waals surface area contributed by atoms with Crippen LogP contribution in [0.1, 0.15) is 29.9 Å². The van der Waals surface area contributed by atoms with E-state index in [0.717, 1.165) is 5.56 Å². The molecule has 0 aliphatic carbocycles. The van der Waals surface area contributed by atoms with Gasteiger partial charge in [0.1, 0.15) is 4.83 Å². The van der Waals surface area contributed by atoms with Crippen molar-refractivity contribution in [2.24, 2.45) is 0 Å². The van der Waals surface area contributed by atoms with E-state index in [1.54, 1.807) is 12.1 Å². The summed E-state index contributed by atoms with van der Waals surface area (Å²) in [5.74, 6) is 0.471. The molecule has 0 fully saturated rings. The molecule has 2 heterocycles. The smallest absolute Gasteiger partial charge is 0.224 e. The summed E-state index contributed by atoms with van der Waals surface area (Å²) in [5, 5.41) is 4.66. The van der Waals surface area contributed by atoms with Crippen LogP contribution < -0.4 is 11.1 Å². The first kappa shape index (κ1) is 17.9. The van der Waals surface area contributed by atoms with Crippen LogP contribution in [0.4, 0.5) is 11.6 Å². The second kappa shape index (κ2) is 7.15. The zero-order valence-electron chi connectivity index (χ0n) is 13.7. The first-order valence-corrected chi connectivity index (χ1v) is 9.36. The van der Waals surface area contributed by atoms with Gasteiger partial charge in [-0.1, -0.05) is 36.2 Å². The second-order valence-corrected chi connectivity index (χ2v) is 7.17. The van der Waals surface area contributed by atoms with E-state index in [-0.39, 0.29) is 5.78 Å². The average Bonchev–Trinajstić information content (AvgIpc) is 2.93. The molecule has 0 aliphatic heterocycles. The lowest BCUT2D eigenvalue weighted by molar-refractivity contribution is 0.0993. The molecule has 1 aromatic carbocycles. The number of nitrogens with one attached hydrogen (secondary N) is 1. The SMILES string of the molecule is CCNc1nc(-c2ccc(Cl)c(Cl)c2)c2c(N)c(C(=O)CC)sc2n1. The Balaban J connectivity index is 2.32. The predicted molar refractivity (Wildman–Crippen MR) is 106 cm³/mol. The van der Waals surface area contributed by atoms with E-state index in [9.17, 15) is 4.79 Å². The molecule has 0 aliphatic rings. The van der Waals surface area contributed by atoms with E-state index < -0.39 is 0 Å². The third-order valence-corrected chi connectivity index (χ3v) is 5.57. The molecule has 2 aromatic heterocycles. The Morgan fingerprint density at radius 1 is 1.24 bits per heavy atom.